The molecule has 0 fully saturated rings. The van der Waals surface area contributed by atoms with Crippen LogP contribution >= 0.6 is 0 Å². The molecular weight excluding hydrogens is 174 g/mol. The molecule has 2 rings (SSSR count). The number of hydrogen-bond acceptors (Lipinski definition) is 1. The van der Waals surface area contributed by atoms with Crippen LogP contribution in [0.25, 0.3) is 10.9 Å². The molecule has 2 aromatic rings. The van der Waals surface area contributed by atoms with Crippen LogP contribution in [0.3, 0.4) is 0 Å². The number of ether oxygens (including phenoxy) is 1. The van der Waals surface area contributed by atoms with E-state index in [0.717, 1.165) is 11.3 Å². The van der Waals surface area contributed by atoms with E-state index in [2.05, 4.69) is 18.0 Å². The molecule has 1 N–H and O–H groups in total. The van der Waals surface area contributed by atoms with Crippen molar-refractivity contribution in [3.05, 3.63) is 30.0 Å². The highest BCUT2D eigenvalue weighted by molar-refractivity contribution is 5.84. The summed E-state index contributed by atoms with van der Waals surface area (Å²) in [6, 6.07) is 6.11. The first kappa shape index (κ1) is 10.6. The molecule has 76 valence electrons. The van der Waals surface area contributed by atoms with Crippen molar-refractivity contribution in [2.75, 3.05) is 7.11 Å². The van der Waals surface area contributed by atoms with Gasteiger partial charge >= 0.3 is 0 Å². The summed E-state index contributed by atoms with van der Waals surface area (Å²) < 4.78 is 5.15. The van der Waals surface area contributed by atoms with E-state index in [4.69, 9.17) is 4.74 Å². The first-order valence-electron chi connectivity index (χ1n) is 4.93. The van der Waals surface area contributed by atoms with E-state index in [1.807, 2.05) is 32.2 Å². The molecule has 0 atom stereocenters. The molecule has 0 bridgehead atoms. The Morgan fingerprint density at radius 2 is 1.93 bits per heavy atom. The third-order valence-corrected chi connectivity index (χ3v) is 2.08. The van der Waals surface area contributed by atoms with Gasteiger partial charge in [-0.05, 0) is 24.6 Å². The van der Waals surface area contributed by atoms with E-state index in [1.165, 1.54) is 10.9 Å². The van der Waals surface area contributed by atoms with E-state index in [-0.39, 0.29) is 0 Å². The molecule has 14 heavy (non-hydrogen) atoms. The molecule has 0 saturated heterocycles. The lowest BCUT2D eigenvalue weighted by Gasteiger charge is -2.01. The molecule has 0 saturated carbocycles. The lowest BCUT2D eigenvalue weighted by atomic mass is 10.1. The van der Waals surface area contributed by atoms with Gasteiger partial charge in [0.05, 0.1) is 7.11 Å². The number of fused-ring (bicyclic) bond motifs is 1. The second-order valence-electron chi connectivity index (χ2n) is 2.88. The Balaban J connectivity index is 0.000000461. The number of H-pyrrole nitrogens is 1. The third kappa shape index (κ3) is 1.90. The SMILES string of the molecule is CC.COc1cc(C)c2cc[nH]c2c1. The summed E-state index contributed by atoms with van der Waals surface area (Å²) in [4.78, 5) is 3.16. The van der Waals surface area contributed by atoms with Crippen LogP contribution in [0.15, 0.2) is 24.4 Å². The largest absolute Gasteiger partial charge is 0.497 e. The van der Waals surface area contributed by atoms with Gasteiger partial charge in [-0.15, -0.1) is 0 Å². The molecule has 1 aromatic heterocycles. The Morgan fingerprint density at radius 1 is 1.21 bits per heavy atom. The maximum absolute atomic E-state index is 5.15. The first-order chi connectivity index (χ1) is 6.81. The third-order valence-electron chi connectivity index (χ3n) is 2.08. The van der Waals surface area contributed by atoms with Crippen LogP contribution < -0.4 is 4.74 Å². The molecule has 0 aliphatic heterocycles. The van der Waals surface area contributed by atoms with Gasteiger partial charge in [0.15, 0.2) is 0 Å². The highest BCUT2D eigenvalue weighted by atomic mass is 16.5. The number of aryl methyl sites for hydroxylation is 1. The zero-order chi connectivity index (χ0) is 10.6. The van der Waals surface area contributed by atoms with Crippen LogP contribution in [-0.2, 0) is 0 Å². The van der Waals surface area contributed by atoms with Crippen molar-refractivity contribution < 1.29 is 4.74 Å². The van der Waals surface area contributed by atoms with Gasteiger partial charge in [-0.2, -0.15) is 0 Å². The summed E-state index contributed by atoms with van der Waals surface area (Å²) in [5.74, 6) is 0.905. The molecule has 2 heteroatoms. The monoisotopic (exact) mass is 191 g/mol. The molecule has 0 unspecified atom stereocenters. The second-order valence-corrected chi connectivity index (χ2v) is 2.88. The highest BCUT2D eigenvalue weighted by Gasteiger charge is 2.00. The number of benzene rings is 1. The summed E-state index contributed by atoms with van der Waals surface area (Å²) in [5, 5.41) is 1.26. The predicted octanol–water partition coefficient (Wildman–Crippen LogP) is 3.51. The maximum atomic E-state index is 5.15. The van der Waals surface area contributed by atoms with Crippen molar-refractivity contribution in [1.82, 2.24) is 4.98 Å². The minimum absolute atomic E-state index is 0.905. The van der Waals surface area contributed by atoms with Gasteiger partial charge in [0, 0.05) is 23.2 Å². The summed E-state index contributed by atoms with van der Waals surface area (Å²) in [6.07, 6.45) is 1.94. The minimum atomic E-state index is 0.905. The number of aromatic amines is 1. The zero-order valence-electron chi connectivity index (χ0n) is 9.22. The fourth-order valence-corrected chi connectivity index (χ4v) is 1.44. The number of methoxy groups -OCH3 is 1. The van der Waals surface area contributed by atoms with Crippen LogP contribution in [0.4, 0.5) is 0 Å². The summed E-state index contributed by atoms with van der Waals surface area (Å²) in [5.41, 5.74) is 2.37. The van der Waals surface area contributed by atoms with Gasteiger partial charge in [-0.3, -0.25) is 0 Å². The van der Waals surface area contributed by atoms with Crippen molar-refractivity contribution in [2.24, 2.45) is 0 Å². The highest BCUT2D eigenvalue weighted by Crippen LogP contribution is 2.23. The van der Waals surface area contributed by atoms with Crippen LogP contribution in [0, 0.1) is 6.92 Å². The van der Waals surface area contributed by atoms with Crippen LogP contribution in [0.5, 0.6) is 5.75 Å². The van der Waals surface area contributed by atoms with E-state index in [9.17, 15) is 0 Å². The molecule has 0 radical (unpaired) electrons. The molecule has 0 aliphatic rings. The summed E-state index contributed by atoms with van der Waals surface area (Å²) >= 11 is 0. The fraction of sp³-hybridized carbons (Fsp3) is 0.333. The summed E-state index contributed by atoms with van der Waals surface area (Å²) in [6.45, 7) is 6.08. The molecule has 0 amide bonds. The quantitative estimate of drug-likeness (QED) is 0.733. The van der Waals surface area contributed by atoms with Crippen LogP contribution in [0.2, 0.25) is 0 Å². The van der Waals surface area contributed by atoms with Gasteiger partial charge in [0.2, 0.25) is 0 Å². The lowest BCUT2D eigenvalue weighted by Crippen LogP contribution is -1.83. The van der Waals surface area contributed by atoms with Gasteiger partial charge < -0.3 is 9.72 Å². The zero-order valence-corrected chi connectivity index (χ0v) is 9.22. The Labute approximate surface area is 84.9 Å². The molecule has 1 heterocycles. The standard InChI is InChI=1S/C10H11NO.C2H6/c1-7-5-8(12-2)6-10-9(7)3-4-11-10;1-2/h3-6,11H,1-2H3;1-2H3. The molecule has 2 nitrogen and oxygen atoms in total. The summed E-state index contributed by atoms with van der Waals surface area (Å²) in [7, 11) is 1.68. The van der Waals surface area contributed by atoms with Crippen molar-refractivity contribution in [1.29, 1.82) is 0 Å². The van der Waals surface area contributed by atoms with Gasteiger partial charge in [-0.1, -0.05) is 13.8 Å². The van der Waals surface area contributed by atoms with E-state index in [0.29, 0.717) is 0 Å². The van der Waals surface area contributed by atoms with Gasteiger partial charge in [-0.25, -0.2) is 0 Å². The van der Waals surface area contributed by atoms with Crippen molar-refractivity contribution in [2.45, 2.75) is 20.8 Å². The Hall–Kier alpha value is -1.44. The number of rotatable bonds is 1. The van der Waals surface area contributed by atoms with E-state index in [1.54, 1.807) is 7.11 Å². The second kappa shape index (κ2) is 4.70. The predicted molar refractivity (Wildman–Crippen MR) is 60.9 cm³/mol. The number of hydrogen-bond donors (Lipinski definition) is 1. The van der Waals surface area contributed by atoms with E-state index < -0.39 is 0 Å². The number of aromatic nitrogens is 1. The van der Waals surface area contributed by atoms with E-state index >= 15 is 0 Å². The average Bonchev–Trinajstić information content (AvgIpc) is 2.69. The van der Waals surface area contributed by atoms with Crippen LogP contribution in [0.1, 0.15) is 19.4 Å². The normalized spacial score (nSPS) is 9.43. The fourth-order valence-electron chi connectivity index (χ4n) is 1.44. The smallest absolute Gasteiger partial charge is 0.121 e. The lowest BCUT2D eigenvalue weighted by molar-refractivity contribution is 0.415. The van der Waals surface area contributed by atoms with Gasteiger partial charge in [0.1, 0.15) is 5.75 Å². The van der Waals surface area contributed by atoms with Gasteiger partial charge in [0.25, 0.3) is 0 Å². The first-order valence-corrected chi connectivity index (χ1v) is 4.93. The average molecular weight is 191 g/mol. The number of nitrogens with one attached hydrogen (secondary N) is 1. The van der Waals surface area contributed by atoms with Crippen molar-refractivity contribution >= 4 is 10.9 Å². The molecule has 0 aliphatic carbocycles. The molecule has 1 aromatic carbocycles. The topological polar surface area (TPSA) is 25.0 Å². The van der Waals surface area contributed by atoms with Crippen molar-refractivity contribution in [3.63, 3.8) is 0 Å². The maximum Gasteiger partial charge on any atom is 0.121 e. The van der Waals surface area contributed by atoms with Crippen LogP contribution in [-0.4, -0.2) is 12.1 Å². The Kier molecular flexibility index (Phi) is 3.57. The Morgan fingerprint density at radius 3 is 2.57 bits per heavy atom. The molecule has 0 spiro atoms. The minimum Gasteiger partial charge on any atom is -0.497 e. The molecular formula is C12H17NO. The Bertz CT molecular complexity index is 404. The van der Waals surface area contributed by atoms with Crippen molar-refractivity contribution in [3.8, 4) is 5.75 Å².